The second-order valence-corrected chi connectivity index (χ2v) is 11.4. The van der Waals surface area contributed by atoms with Crippen LogP contribution in [0.3, 0.4) is 0 Å². The number of halogens is 5. The molecule has 0 radical (unpaired) electrons. The van der Waals surface area contributed by atoms with E-state index in [4.69, 9.17) is 25.8 Å². The number of ether oxygens (including phenoxy) is 3. The quantitative estimate of drug-likeness (QED) is 0.228. The van der Waals surface area contributed by atoms with Gasteiger partial charge in [-0.2, -0.15) is 8.78 Å². The first-order chi connectivity index (χ1) is 20.1. The Bertz CT molecular complexity index is 1370. The van der Waals surface area contributed by atoms with Crippen molar-refractivity contribution in [3.8, 4) is 11.5 Å². The van der Waals surface area contributed by atoms with Gasteiger partial charge in [0, 0.05) is 25.1 Å². The molecule has 1 saturated heterocycles. The molecule has 234 valence electrons. The summed E-state index contributed by atoms with van der Waals surface area (Å²) in [6.07, 6.45) is -0.943. The van der Waals surface area contributed by atoms with Crippen LogP contribution in [0, 0.1) is 36.1 Å². The van der Waals surface area contributed by atoms with Gasteiger partial charge in [-0.3, -0.25) is 14.4 Å². The van der Waals surface area contributed by atoms with Crippen molar-refractivity contribution in [1.29, 1.82) is 0 Å². The zero-order chi connectivity index (χ0) is 32.1. The lowest BCUT2D eigenvalue weighted by molar-refractivity contribution is -0.156. The van der Waals surface area contributed by atoms with E-state index in [1.807, 2.05) is 6.92 Å². The zero-order valence-corrected chi connectivity index (χ0v) is 24.7. The number of ketones is 1. The van der Waals surface area contributed by atoms with E-state index in [0.29, 0.717) is 0 Å². The lowest BCUT2D eigenvalue weighted by Crippen LogP contribution is -2.49. The Hall–Kier alpha value is -3.87. The topological polar surface area (TPSA) is 111 Å². The van der Waals surface area contributed by atoms with E-state index in [1.54, 1.807) is 39.0 Å². The molecule has 2 amide bonds. The zero-order valence-electron chi connectivity index (χ0n) is 23.9. The lowest BCUT2D eigenvalue weighted by Gasteiger charge is -2.31. The molecule has 2 aromatic carbocycles. The number of aryl methyl sites for hydroxylation is 1. The predicted octanol–water partition coefficient (Wildman–Crippen LogP) is 5.28. The largest absolute Gasteiger partial charge is 0.479 e. The summed E-state index contributed by atoms with van der Waals surface area (Å²) in [6, 6.07) is 3.39. The third-order valence-corrected chi connectivity index (χ3v) is 6.65. The van der Waals surface area contributed by atoms with Gasteiger partial charge in [0.1, 0.15) is 18.2 Å². The number of nitrogens with zero attached hydrogens (tertiary/aromatic N) is 1. The molecule has 9 nitrogen and oxygen atoms in total. The Morgan fingerprint density at radius 3 is 2.21 bits per heavy atom. The van der Waals surface area contributed by atoms with Crippen LogP contribution < -0.4 is 14.8 Å². The van der Waals surface area contributed by atoms with Crippen LogP contribution in [0.1, 0.15) is 45.6 Å². The second-order valence-electron chi connectivity index (χ2n) is 11.0. The van der Waals surface area contributed by atoms with Crippen molar-refractivity contribution in [2.24, 2.45) is 5.92 Å². The number of hydrogen-bond acceptors (Lipinski definition) is 7. The molecule has 0 bridgehead atoms. The maximum absolute atomic E-state index is 14.0. The summed E-state index contributed by atoms with van der Waals surface area (Å²) in [5.41, 5.74) is -0.0949. The maximum Gasteiger partial charge on any atom is 0.415 e. The van der Waals surface area contributed by atoms with Gasteiger partial charge >= 0.3 is 12.1 Å². The second kappa shape index (κ2) is 14.1. The first kappa shape index (κ1) is 33.6. The van der Waals surface area contributed by atoms with Gasteiger partial charge in [-0.25, -0.2) is 13.6 Å². The van der Waals surface area contributed by atoms with E-state index in [0.717, 1.165) is 5.56 Å². The molecule has 1 fully saturated rings. The van der Waals surface area contributed by atoms with Gasteiger partial charge in [-0.1, -0.05) is 17.7 Å². The molecule has 2 aromatic rings. The average Bonchev–Trinajstić information content (AvgIpc) is 2.92. The van der Waals surface area contributed by atoms with Crippen LogP contribution in [0.5, 0.6) is 11.5 Å². The molecule has 0 unspecified atom stereocenters. The number of benzene rings is 2. The van der Waals surface area contributed by atoms with Crippen molar-refractivity contribution in [2.75, 3.05) is 19.7 Å². The van der Waals surface area contributed by atoms with E-state index < -0.39 is 83.4 Å². The SMILES string of the molecule is Cc1ccc(Cl)c(OC(=O)N2CCC(C(=O)N[C@@H](CC(=O)OC(C)(C)C)C(=O)COc3c(F)c(F)cc(F)c3F)CC2)c1. The van der Waals surface area contributed by atoms with Crippen molar-refractivity contribution in [1.82, 2.24) is 10.2 Å². The van der Waals surface area contributed by atoms with E-state index in [1.165, 1.54) is 4.90 Å². The van der Waals surface area contributed by atoms with Crippen molar-refractivity contribution in [3.63, 3.8) is 0 Å². The van der Waals surface area contributed by atoms with Crippen LogP contribution in [0.4, 0.5) is 22.4 Å². The standard InChI is InChI=1S/C29H31ClF4N2O7/c1-15-5-6-17(30)22(11-15)42-28(40)36-9-7-16(8-10-36)27(39)35-20(13-23(38)43-29(2,3)4)21(37)14-41-26-24(33)18(31)12-19(32)25(26)34/h5-6,11-12,16,20H,7-10,13-14H2,1-4H3,(H,35,39)/t20-/m0/s1. The van der Waals surface area contributed by atoms with Crippen LogP contribution in [0.25, 0.3) is 0 Å². The third-order valence-electron chi connectivity index (χ3n) is 6.33. The van der Waals surface area contributed by atoms with Gasteiger partial charge in [0.25, 0.3) is 0 Å². The van der Waals surface area contributed by atoms with Crippen molar-refractivity contribution >= 4 is 35.4 Å². The number of esters is 1. The average molecular weight is 631 g/mol. The number of rotatable bonds is 9. The third kappa shape index (κ3) is 9.31. The molecule has 43 heavy (non-hydrogen) atoms. The van der Waals surface area contributed by atoms with Crippen molar-refractivity contribution < 1.29 is 51.0 Å². The molecule has 1 aliphatic rings. The van der Waals surface area contributed by atoms with Gasteiger partial charge in [-0.15, -0.1) is 0 Å². The Labute approximate surface area is 250 Å². The number of carbonyl (C=O) groups is 4. The highest BCUT2D eigenvalue weighted by Crippen LogP contribution is 2.28. The van der Waals surface area contributed by atoms with Gasteiger partial charge in [0.2, 0.25) is 17.5 Å². The van der Waals surface area contributed by atoms with Crippen LogP contribution in [0.2, 0.25) is 5.02 Å². The first-order valence-electron chi connectivity index (χ1n) is 13.3. The molecule has 0 aliphatic carbocycles. The molecule has 1 N–H and O–H groups in total. The number of likely N-dealkylation sites (tertiary alicyclic amines) is 1. The molecule has 1 heterocycles. The fraction of sp³-hybridized carbons (Fsp3) is 0.448. The fourth-order valence-electron chi connectivity index (χ4n) is 4.18. The van der Waals surface area contributed by atoms with Crippen LogP contribution in [-0.4, -0.2) is 60.0 Å². The molecule has 14 heteroatoms. The highest BCUT2D eigenvalue weighted by Gasteiger charge is 2.33. The number of amides is 2. The van der Waals surface area contributed by atoms with Crippen LogP contribution >= 0.6 is 11.6 Å². The minimum Gasteiger partial charge on any atom is -0.479 e. The van der Waals surface area contributed by atoms with Gasteiger partial charge in [-0.05, 0) is 58.2 Å². The molecule has 3 rings (SSSR count). The summed E-state index contributed by atoms with van der Waals surface area (Å²) >= 11 is 6.09. The number of hydrogen-bond donors (Lipinski definition) is 1. The summed E-state index contributed by atoms with van der Waals surface area (Å²) < 4.78 is 70.4. The number of nitrogens with one attached hydrogen (secondary N) is 1. The Morgan fingerprint density at radius 2 is 1.63 bits per heavy atom. The van der Waals surface area contributed by atoms with Crippen LogP contribution in [0.15, 0.2) is 24.3 Å². The summed E-state index contributed by atoms with van der Waals surface area (Å²) in [5.74, 6) is -11.6. The molecule has 1 aliphatic heterocycles. The van der Waals surface area contributed by atoms with E-state index in [2.05, 4.69) is 5.32 Å². The smallest absolute Gasteiger partial charge is 0.415 e. The highest BCUT2D eigenvalue weighted by molar-refractivity contribution is 6.32. The van der Waals surface area contributed by atoms with Crippen LogP contribution in [-0.2, 0) is 19.1 Å². The van der Waals surface area contributed by atoms with Gasteiger partial charge < -0.3 is 24.4 Å². The van der Waals surface area contributed by atoms with E-state index in [-0.39, 0.29) is 42.8 Å². The number of piperidine rings is 1. The normalized spacial score (nSPS) is 14.6. The number of Topliss-reactive ketones (excluding diaryl/α,β-unsaturated/α-hetero) is 1. The summed E-state index contributed by atoms with van der Waals surface area (Å²) in [7, 11) is 0. The van der Waals surface area contributed by atoms with E-state index in [9.17, 15) is 36.7 Å². The fourth-order valence-corrected chi connectivity index (χ4v) is 4.33. The Kier molecular flexibility index (Phi) is 11.0. The molecular formula is C29H31ClF4N2O7. The molecule has 0 spiro atoms. The van der Waals surface area contributed by atoms with E-state index >= 15 is 0 Å². The monoisotopic (exact) mass is 630 g/mol. The summed E-state index contributed by atoms with van der Waals surface area (Å²) in [6.45, 7) is 5.70. The van der Waals surface area contributed by atoms with Crippen molar-refractivity contribution in [2.45, 2.75) is 58.6 Å². The molecule has 1 atom stereocenters. The lowest BCUT2D eigenvalue weighted by atomic mass is 9.95. The first-order valence-corrected chi connectivity index (χ1v) is 13.7. The number of carbonyl (C=O) groups excluding carboxylic acids is 4. The molecular weight excluding hydrogens is 600 g/mol. The summed E-state index contributed by atoms with van der Waals surface area (Å²) in [5, 5.41) is 2.69. The minimum absolute atomic E-state index is 0.0202. The summed E-state index contributed by atoms with van der Waals surface area (Å²) in [4.78, 5) is 52.5. The predicted molar refractivity (Wildman–Crippen MR) is 146 cm³/mol. The molecule has 0 aromatic heterocycles. The molecule has 0 saturated carbocycles. The minimum atomic E-state index is -1.85. The maximum atomic E-state index is 14.0. The Morgan fingerprint density at radius 1 is 1.02 bits per heavy atom. The highest BCUT2D eigenvalue weighted by atomic mass is 35.5. The van der Waals surface area contributed by atoms with Crippen molar-refractivity contribution in [3.05, 3.63) is 58.1 Å². The van der Waals surface area contributed by atoms with Gasteiger partial charge in [0.15, 0.2) is 28.9 Å². The van der Waals surface area contributed by atoms with Gasteiger partial charge in [0.05, 0.1) is 11.4 Å². The Balaban J connectivity index is 1.65.